The lowest BCUT2D eigenvalue weighted by Crippen LogP contribution is -2.35. The fourth-order valence-electron chi connectivity index (χ4n) is 3.15. The van der Waals surface area contributed by atoms with Crippen molar-refractivity contribution in [1.82, 2.24) is 19.9 Å². The average Bonchev–Trinajstić information content (AvgIpc) is 2.82. The molecule has 0 radical (unpaired) electrons. The van der Waals surface area contributed by atoms with Crippen molar-refractivity contribution < 1.29 is 13.6 Å². The van der Waals surface area contributed by atoms with Gasteiger partial charge in [0.15, 0.2) is 5.82 Å². The molecule has 3 aromatic rings. The van der Waals surface area contributed by atoms with E-state index in [0.717, 1.165) is 21.9 Å². The molecule has 1 aromatic carbocycles. The Kier molecular flexibility index (Phi) is 8.54. The number of amides is 1. The molecule has 0 spiro atoms. The average molecular weight is 511 g/mol. The number of nitrogens with one attached hydrogen (secondary N) is 2. The first kappa shape index (κ1) is 25.5. The predicted molar refractivity (Wildman–Crippen MR) is 126 cm³/mol. The molecule has 0 fully saturated rings. The van der Waals surface area contributed by atoms with Crippen LogP contribution in [-0.4, -0.2) is 33.5 Å². The van der Waals surface area contributed by atoms with Gasteiger partial charge in [0.1, 0.15) is 17.4 Å². The summed E-state index contributed by atoms with van der Waals surface area (Å²) in [5.74, 6) is -4.23. The molecule has 0 aliphatic rings. The van der Waals surface area contributed by atoms with Gasteiger partial charge in [-0.1, -0.05) is 35.3 Å². The van der Waals surface area contributed by atoms with Crippen molar-refractivity contribution in [2.45, 2.75) is 25.4 Å². The molecule has 0 aliphatic heterocycles. The van der Waals surface area contributed by atoms with E-state index in [2.05, 4.69) is 20.6 Å². The zero-order chi connectivity index (χ0) is 24.7. The fraction of sp³-hybridized carbons (Fsp3) is 0.273. The van der Waals surface area contributed by atoms with Gasteiger partial charge < -0.3 is 16.4 Å². The lowest BCUT2D eigenvalue weighted by molar-refractivity contribution is -0.121. The Labute approximate surface area is 204 Å². The molecule has 0 saturated carbocycles. The Morgan fingerprint density at radius 2 is 1.94 bits per heavy atom. The SMILES string of the molecule is NCCc1ccc(Cl)cc1CNC(=O)Cn1c(Cl)cnc(NCC(F)(F)c2ccccn2)c1=O. The highest BCUT2D eigenvalue weighted by atomic mass is 35.5. The standard InChI is InChI=1S/C22H22Cl2F2N6O2/c23-16-5-4-14(6-7-27)15(9-16)10-29-19(33)12-32-18(24)11-30-20(21(32)34)31-13-22(25,26)17-3-1-2-8-28-17/h1-5,8-9,11H,6-7,10,12-13,27H2,(H,29,33)(H,30,31). The van der Waals surface area contributed by atoms with E-state index < -0.39 is 36.2 Å². The minimum Gasteiger partial charge on any atom is -0.359 e. The van der Waals surface area contributed by atoms with Crippen LogP contribution in [0.2, 0.25) is 10.2 Å². The maximum absolute atomic E-state index is 14.4. The molecule has 1 amide bonds. The van der Waals surface area contributed by atoms with E-state index >= 15 is 0 Å². The van der Waals surface area contributed by atoms with Gasteiger partial charge in [-0.3, -0.25) is 19.1 Å². The number of alkyl halides is 2. The highest BCUT2D eigenvalue weighted by molar-refractivity contribution is 6.30. The first-order chi connectivity index (χ1) is 16.2. The van der Waals surface area contributed by atoms with Crippen LogP contribution in [0.25, 0.3) is 0 Å². The van der Waals surface area contributed by atoms with E-state index in [0.29, 0.717) is 18.0 Å². The summed E-state index contributed by atoms with van der Waals surface area (Å²) in [5, 5.41) is 5.42. The number of hydrogen-bond acceptors (Lipinski definition) is 6. The summed E-state index contributed by atoms with van der Waals surface area (Å²) in [5.41, 5.74) is 6.08. The van der Waals surface area contributed by atoms with E-state index in [4.69, 9.17) is 28.9 Å². The summed E-state index contributed by atoms with van der Waals surface area (Å²) in [4.78, 5) is 32.7. The lowest BCUT2D eigenvalue weighted by atomic mass is 10.0. The number of carbonyl (C=O) groups is 1. The minimum absolute atomic E-state index is 0.117. The summed E-state index contributed by atoms with van der Waals surface area (Å²) < 4.78 is 29.7. The zero-order valence-electron chi connectivity index (χ0n) is 17.9. The van der Waals surface area contributed by atoms with Crippen LogP contribution in [0.3, 0.4) is 0 Å². The van der Waals surface area contributed by atoms with Gasteiger partial charge in [0.25, 0.3) is 5.56 Å². The third-order valence-electron chi connectivity index (χ3n) is 4.88. The molecule has 0 bridgehead atoms. The monoisotopic (exact) mass is 510 g/mol. The predicted octanol–water partition coefficient (Wildman–Crippen LogP) is 2.97. The number of aromatic nitrogens is 3. The Morgan fingerprint density at radius 1 is 1.15 bits per heavy atom. The van der Waals surface area contributed by atoms with E-state index in [9.17, 15) is 18.4 Å². The Bertz CT molecular complexity index is 1210. The molecule has 0 saturated heterocycles. The molecule has 12 heteroatoms. The van der Waals surface area contributed by atoms with Crippen molar-refractivity contribution in [2.24, 2.45) is 5.73 Å². The van der Waals surface area contributed by atoms with Crippen LogP contribution in [-0.2, 0) is 30.2 Å². The summed E-state index contributed by atoms with van der Waals surface area (Å²) in [6.07, 6.45) is 2.96. The second-order valence-corrected chi connectivity index (χ2v) is 8.15. The van der Waals surface area contributed by atoms with Crippen molar-refractivity contribution >= 4 is 34.9 Å². The van der Waals surface area contributed by atoms with E-state index in [-0.39, 0.29) is 17.5 Å². The van der Waals surface area contributed by atoms with Crippen LogP contribution in [0.15, 0.2) is 53.6 Å². The molecule has 0 aliphatic carbocycles. The van der Waals surface area contributed by atoms with Gasteiger partial charge in [-0.15, -0.1) is 0 Å². The van der Waals surface area contributed by atoms with E-state index in [1.165, 1.54) is 24.4 Å². The molecule has 8 nitrogen and oxygen atoms in total. The Balaban J connectivity index is 1.68. The molecule has 34 heavy (non-hydrogen) atoms. The van der Waals surface area contributed by atoms with Crippen LogP contribution in [0.1, 0.15) is 16.8 Å². The normalized spacial score (nSPS) is 11.3. The quantitative estimate of drug-likeness (QED) is 0.386. The number of anilines is 1. The Hall–Kier alpha value is -3.08. The second-order valence-electron chi connectivity index (χ2n) is 7.32. The van der Waals surface area contributed by atoms with Crippen LogP contribution < -0.4 is 21.9 Å². The highest BCUT2D eigenvalue weighted by Crippen LogP contribution is 2.25. The summed E-state index contributed by atoms with van der Waals surface area (Å²) in [6, 6.07) is 9.42. The first-order valence-electron chi connectivity index (χ1n) is 10.2. The van der Waals surface area contributed by atoms with E-state index in [1.807, 2.05) is 6.07 Å². The van der Waals surface area contributed by atoms with Gasteiger partial charge in [0.05, 0.1) is 12.7 Å². The van der Waals surface area contributed by atoms with Gasteiger partial charge in [0, 0.05) is 17.8 Å². The molecule has 3 rings (SSSR count). The van der Waals surface area contributed by atoms with Crippen LogP contribution >= 0.6 is 23.2 Å². The van der Waals surface area contributed by atoms with Crippen molar-refractivity contribution in [1.29, 1.82) is 0 Å². The molecular formula is C22H22Cl2F2N6O2. The molecule has 0 atom stereocenters. The largest absolute Gasteiger partial charge is 0.359 e. The minimum atomic E-state index is -3.35. The van der Waals surface area contributed by atoms with Crippen molar-refractivity contribution in [3.05, 3.63) is 86.1 Å². The molecule has 0 unspecified atom stereocenters. The van der Waals surface area contributed by atoms with Crippen molar-refractivity contribution in [3.8, 4) is 0 Å². The number of pyridine rings is 1. The van der Waals surface area contributed by atoms with Crippen LogP contribution in [0, 0.1) is 0 Å². The highest BCUT2D eigenvalue weighted by Gasteiger charge is 2.33. The number of rotatable bonds is 10. The topological polar surface area (TPSA) is 115 Å². The Morgan fingerprint density at radius 3 is 2.65 bits per heavy atom. The summed E-state index contributed by atoms with van der Waals surface area (Å²) in [6.45, 7) is -0.760. The fourth-order valence-corrected chi connectivity index (χ4v) is 3.53. The molecular weight excluding hydrogens is 489 g/mol. The van der Waals surface area contributed by atoms with Crippen LogP contribution in [0.5, 0.6) is 0 Å². The zero-order valence-corrected chi connectivity index (χ0v) is 19.4. The maximum Gasteiger partial charge on any atom is 0.306 e. The smallest absolute Gasteiger partial charge is 0.306 e. The number of nitrogens with zero attached hydrogens (tertiary/aromatic N) is 3. The first-order valence-corrected chi connectivity index (χ1v) is 11.0. The molecule has 2 heterocycles. The number of nitrogens with two attached hydrogens (primary N) is 1. The van der Waals surface area contributed by atoms with E-state index in [1.54, 1.807) is 12.1 Å². The van der Waals surface area contributed by atoms with Gasteiger partial charge >= 0.3 is 5.92 Å². The van der Waals surface area contributed by atoms with Gasteiger partial charge in [-0.25, -0.2) is 4.98 Å². The maximum atomic E-state index is 14.4. The molecule has 4 N–H and O–H groups in total. The summed E-state index contributed by atoms with van der Waals surface area (Å²) in [7, 11) is 0. The third-order valence-corrected chi connectivity index (χ3v) is 5.42. The third kappa shape index (κ3) is 6.49. The number of carbonyl (C=O) groups excluding carboxylic acids is 1. The molecule has 2 aromatic heterocycles. The van der Waals surface area contributed by atoms with Crippen LogP contribution in [0.4, 0.5) is 14.6 Å². The number of benzene rings is 1. The number of hydrogen-bond donors (Lipinski definition) is 3. The molecule has 180 valence electrons. The lowest BCUT2D eigenvalue weighted by Gasteiger charge is -2.17. The van der Waals surface area contributed by atoms with Gasteiger partial charge in [-0.2, -0.15) is 8.78 Å². The van der Waals surface area contributed by atoms with Crippen molar-refractivity contribution in [3.63, 3.8) is 0 Å². The summed E-state index contributed by atoms with van der Waals surface area (Å²) >= 11 is 12.1. The van der Waals surface area contributed by atoms with Gasteiger partial charge in [-0.05, 0) is 48.4 Å². The van der Waals surface area contributed by atoms with Gasteiger partial charge in [0.2, 0.25) is 5.91 Å². The second kappa shape index (κ2) is 11.4. The number of halogens is 4. The van der Waals surface area contributed by atoms with Crippen molar-refractivity contribution in [2.75, 3.05) is 18.4 Å².